The Kier molecular flexibility index (Phi) is 2.74. The van der Waals surface area contributed by atoms with E-state index in [1.165, 1.54) is 12.1 Å². The van der Waals surface area contributed by atoms with Crippen molar-refractivity contribution in [2.75, 3.05) is 0 Å². The van der Waals surface area contributed by atoms with Gasteiger partial charge in [0, 0.05) is 10.0 Å². The molecule has 0 N–H and O–H groups in total. The van der Waals surface area contributed by atoms with Gasteiger partial charge in [0.25, 0.3) is 0 Å². The molecule has 11 heavy (non-hydrogen) atoms. The third kappa shape index (κ3) is 1.85. The zero-order valence-electron chi connectivity index (χ0n) is 6.00. The molecule has 1 rings (SSSR count). The molecule has 1 aromatic rings. The highest BCUT2D eigenvalue weighted by atomic mass is 35.5. The van der Waals surface area contributed by atoms with Gasteiger partial charge in [0.2, 0.25) is 0 Å². The summed E-state index contributed by atoms with van der Waals surface area (Å²) in [6.07, 6.45) is 0.720. The predicted octanol–water partition coefficient (Wildman–Crippen LogP) is 3.69. The van der Waals surface area contributed by atoms with Crippen LogP contribution in [0.5, 0.6) is 0 Å². The Morgan fingerprint density at radius 1 is 1.27 bits per heavy atom. The van der Waals surface area contributed by atoms with Crippen molar-refractivity contribution in [3.8, 4) is 0 Å². The van der Waals surface area contributed by atoms with Crippen molar-refractivity contribution in [2.45, 2.75) is 13.3 Å². The summed E-state index contributed by atoms with van der Waals surface area (Å²) in [6, 6.07) is 2.54. The fourth-order valence-corrected chi connectivity index (χ4v) is 1.64. The van der Waals surface area contributed by atoms with Crippen molar-refractivity contribution in [1.29, 1.82) is 0 Å². The van der Waals surface area contributed by atoms with Crippen LogP contribution in [0.2, 0.25) is 10.0 Å². The molecule has 0 saturated carbocycles. The second-order valence-corrected chi connectivity index (χ2v) is 3.02. The summed E-state index contributed by atoms with van der Waals surface area (Å²) < 4.78 is 12.6. The Morgan fingerprint density at radius 3 is 2.09 bits per heavy atom. The first-order valence-corrected chi connectivity index (χ1v) is 4.04. The zero-order chi connectivity index (χ0) is 8.43. The van der Waals surface area contributed by atoms with Crippen molar-refractivity contribution in [1.82, 2.24) is 0 Å². The van der Waals surface area contributed by atoms with E-state index in [1.54, 1.807) is 0 Å². The van der Waals surface area contributed by atoms with Gasteiger partial charge in [-0.15, -0.1) is 0 Å². The Bertz CT molecular complexity index is 248. The summed E-state index contributed by atoms with van der Waals surface area (Å²) in [5.74, 6) is -0.391. The molecule has 0 fully saturated rings. The normalized spacial score (nSPS) is 10.2. The third-order valence-corrected chi connectivity index (χ3v) is 2.13. The Labute approximate surface area is 74.9 Å². The van der Waals surface area contributed by atoms with E-state index in [9.17, 15) is 4.39 Å². The van der Waals surface area contributed by atoms with Crippen LogP contribution in [0.1, 0.15) is 12.5 Å². The maximum Gasteiger partial charge on any atom is 0.126 e. The van der Waals surface area contributed by atoms with Crippen LogP contribution in [-0.2, 0) is 6.42 Å². The van der Waals surface area contributed by atoms with Crippen molar-refractivity contribution < 1.29 is 4.39 Å². The topological polar surface area (TPSA) is 0 Å². The fourth-order valence-electron chi connectivity index (χ4n) is 0.910. The molecule has 3 heteroatoms. The first kappa shape index (κ1) is 8.82. The number of hydrogen-bond donors (Lipinski definition) is 0. The van der Waals surface area contributed by atoms with Gasteiger partial charge in [0.1, 0.15) is 5.82 Å². The lowest BCUT2D eigenvalue weighted by atomic mass is 10.2. The van der Waals surface area contributed by atoms with Crippen LogP contribution in [0, 0.1) is 5.82 Å². The van der Waals surface area contributed by atoms with Gasteiger partial charge >= 0.3 is 0 Å². The summed E-state index contributed by atoms with van der Waals surface area (Å²) in [5, 5.41) is 0.801. The molecule has 0 aliphatic rings. The highest BCUT2D eigenvalue weighted by Gasteiger charge is 2.05. The van der Waals surface area contributed by atoms with Gasteiger partial charge in [-0.3, -0.25) is 0 Å². The van der Waals surface area contributed by atoms with Gasteiger partial charge in [-0.25, -0.2) is 4.39 Å². The van der Waals surface area contributed by atoms with Crippen molar-refractivity contribution in [3.05, 3.63) is 33.6 Å². The van der Waals surface area contributed by atoms with E-state index < -0.39 is 5.82 Å². The van der Waals surface area contributed by atoms with Crippen molar-refractivity contribution >= 4 is 23.2 Å². The van der Waals surface area contributed by atoms with Gasteiger partial charge in [0.05, 0.1) is 0 Å². The number of rotatable bonds is 1. The summed E-state index contributed by atoms with van der Waals surface area (Å²) in [6.45, 7) is 1.92. The van der Waals surface area contributed by atoms with Gasteiger partial charge in [0.15, 0.2) is 0 Å². The van der Waals surface area contributed by atoms with E-state index in [-0.39, 0.29) is 0 Å². The third-order valence-electron chi connectivity index (χ3n) is 1.46. The fraction of sp³-hybridized carbons (Fsp3) is 0.250. The summed E-state index contributed by atoms with van der Waals surface area (Å²) in [4.78, 5) is 0. The molecule has 0 amide bonds. The highest BCUT2D eigenvalue weighted by molar-refractivity contribution is 6.36. The van der Waals surface area contributed by atoms with E-state index in [2.05, 4.69) is 0 Å². The lowest BCUT2D eigenvalue weighted by molar-refractivity contribution is 0.627. The molecule has 0 aromatic heterocycles. The Morgan fingerprint density at radius 2 is 1.73 bits per heavy atom. The molecule has 0 heterocycles. The SMILES string of the molecule is CCc1c(Cl)cc(F)cc1Cl. The monoisotopic (exact) mass is 192 g/mol. The average molecular weight is 193 g/mol. The molecule has 0 atom stereocenters. The van der Waals surface area contributed by atoms with Crippen LogP contribution in [0.3, 0.4) is 0 Å². The van der Waals surface area contributed by atoms with Gasteiger partial charge in [-0.05, 0) is 24.1 Å². The molecule has 0 nitrogen and oxygen atoms in total. The summed E-state index contributed by atoms with van der Waals surface area (Å²) >= 11 is 11.4. The molecule has 0 bridgehead atoms. The molecule has 1 aromatic carbocycles. The number of halogens is 3. The van der Waals surface area contributed by atoms with E-state index in [0.29, 0.717) is 10.0 Å². The molecule has 0 radical (unpaired) electrons. The molecule has 0 spiro atoms. The maximum atomic E-state index is 12.6. The number of benzene rings is 1. The van der Waals surface area contributed by atoms with Gasteiger partial charge in [-0.1, -0.05) is 30.1 Å². The smallest absolute Gasteiger partial charge is 0.126 e. The maximum absolute atomic E-state index is 12.6. The molecule has 0 aliphatic heterocycles. The molecule has 0 aliphatic carbocycles. The van der Waals surface area contributed by atoms with Crippen LogP contribution < -0.4 is 0 Å². The highest BCUT2D eigenvalue weighted by Crippen LogP contribution is 2.26. The second kappa shape index (κ2) is 3.42. The van der Waals surface area contributed by atoms with Crippen LogP contribution in [0.25, 0.3) is 0 Å². The molecular formula is C8H7Cl2F. The van der Waals surface area contributed by atoms with Gasteiger partial charge in [-0.2, -0.15) is 0 Å². The summed E-state index contributed by atoms with van der Waals surface area (Å²) in [5.41, 5.74) is 0.801. The lowest BCUT2D eigenvalue weighted by Gasteiger charge is -2.02. The minimum Gasteiger partial charge on any atom is -0.207 e. The van der Waals surface area contributed by atoms with Crippen LogP contribution in [0.15, 0.2) is 12.1 Å². The minimum atomic E-state index is -0.391. The first-order chi connectivity index (χ1) is 5.15. The second-order valence-electron chi connectivity index (χ2n) is 2.20. The minimum absolute atomic E-state index is 0.391. The van der Waals surface area contributed by atoms with E-state index >= 15 is 0 Å². The lowest BCUT2D eigenvalue weighted by Crippen LogP contribution is -1.86. The van der Waals surface area contributed by atoms with Crippen molar-refractivity contribution in [3.63, 3.8) is 0 Å². The molecule has 60 valence electrons. The largest absolute Gasteiger partial charge is 0.207 e. The molecule has 0 unspecified atom stereocenters. The average Bonchev–Trinajstić information content (AvgIpc) is 1.85. The van der Waals surface area contributed by atoms with E-state index in [1.807, 2.05) is 6.92 Å². The summed E-state index contributed by atoms with van der Waals surface area (Å²) in [7, 11) is 0. The van der Waals surface area contributed by atoms with Gasteiger partial charge < -0.3 is 0 Å². The van der Waals surface area contributed by atoms with Crippen LogP contribution in [0.4, 0.5) is 4.39 Å². The van der Waals surface area contributed by atoms with E-state index in [4.69, 9.17) is 23.2 Å². The molecule has 0 saturated heterocycles. The van der Waals surface area contributed by atoms with E-state index in [0.717, 1.165) is 12.0 Å². The van der Waals surface area contributed by atoms with Crippen LogP contribution in [-0.4, -0.2) is 0 Å². The Hall–Kier alpha value is -0.270. The molecular weight excluding hydrogens is 186 g/mol. The Balaban J connectivity index is 3.25. The van der Waals surface area contributed by atoms with Crippen molar-refractivity contribution in [2.24, 2.45) is 0 Å². The zero-order valence-corrected chi connectivity index (χ0v) is 7.51. The van der Waals surface area contributed by atoms with Crippen LogP contribution >= 0.6 is 23.2 Å². The predicted molar refractivity (Wildman–Crippen MR) is 45.8 cm³/mol. The first-order valence-electron chi connectivity index (χ1n) is 3.28. The number of hydrogen-bond acceptors (Lipinski definition) is 0. The quantitative estimate of drug-likeness (QED) is 0.637. The standard InChI is InChI=1S/C8H7Cl2F/c1-2-6-7(9)3-5(11)4-8(6)10/h3-4H,2H2,1H3.